The second-order valence-corrected chi connectivity index (χ2v) is 8.90. The molecule has 170 valence electrons. The molecule has 0 saturated carbocycles. The van der Waals surface area contributed by atoms with Gasteiger partial charge in [0, 0.05) is 37.0 Å². The molecular formula is C28H29ClN2O2. The Morgan fingerprint density at radius 2 is 1.61 bits per heavy atom. The number of aryl methyl sites for hydroxylation is 2. The van der Waals surface area contributed by atoms with Gasteiger partial charge in [-0.15, -0.1) is 12.4 Å². The summed E-state index contributed by atoms with van der Waals surface area (Å²) >= 11 is 0. The summed E-state index contributed by atoms with van der Waals surface area (Å²) in [5.41, 5.74) is 5.97. The van der Waals surface area contributed by atoms with Gasteiger partial charge < -0.3 is 9.47 Å². The quantitative estimate of drug-likeness (QED) is 0.495. The van der Waals surface area contributed by atoms with Crippen LogP contribution in [0.15, 0.2) is 66.7 Å². The highest BCUT2D eigenvalue weighted by Crippen LogP contribution is 2.42. The number of nitriles is 1. The minimum Gasteiger partial charge on any atom is -0.497 e. The molecule has 5 heteroatoms. The molecule has 2 heterocycles. The van der Waals surface area contributed by atoms with Crippen molar-refractivity contribution in [3.8, 4) is 17.6 Å². The van der Waals surface area contributed by atoms with Crippen molar-refractivity contribution in [2.24, 2.45) is 5.92 Å². The lowest BCUT2D eigenvalue weighted by atomic mass is 9.86. The van der Waals surface area contributed by atoms with Crippen molar-refractivity contribution in [2.45, 2.75) is 25.3 Å². The highest BCUT2D eigenvalue weighted by atomic mass is 35.5. The number of hydrogen-bond donors (Lipinski definition) is 0. The van der Waals surface area contributed by atoms with E-state index < -0.39 is 0 Å². The van der Waals surface area contributed by atoms with Crippen molar-refractivity contribution in [3.05, 3.63) is 94.5 Å². The summed E-state index contributed by atoms with van der Waals surface area (Å²) in [7, 11) is 1.70. The van der Waals surface area contributed by atoms with E-state index in [4.69, 9.17) is 9.47 Å². The molecule has 0 aromatic heterocycles. The van der Waals surface area contributed by atoms with E-state index in [0.717, 1.165) is 56.1 Å². The van der Waals surface area contributed by atoms with Crippen LogP contribution in [0.2, 0.25) is 0 Å². The number of hydrogen-bond acceptors (Lipinski definition) is 4. The van der Waals surface area contributed by atoms with Crippen LogP contribution >= 0.6 is 12.4 Å². The van der Waals surface area contributed by atoms with Gasteiger partial charge in [0.15, 0.2) is 0 Å². The molecule has 2 aliphatic heterocycles. The Kier molecular flexibility index (Phi) is 7.23. The maximum Gasteiger partial charge on any atom is 0.122 e. The Balaban J connectivity index is 0.00000259. The summed E-state index contributed by atoms with van der Waals surface area (Å²) in [6.07, 6.45) is 2.07. The number of fused-ring (bicyclic) bond motifs is 3. The topological polar surface area (TPSA) is 45.5 Å². The van der Waals surface area contributed by atoms with Crippen molar-refractivity contribution in [1.29, 1.82) is 5.26 Å². The molecule has 0 unspecified atom stereocenters. The minimum absolute atomic E-state index is 0. The molecule has 3 aromatic carbocycles. The number of ether oxygens (including phenoxy) is 2. The van der Waals surface area contributed by atoms with Gasteiger partial charge in [-0.1, -0.05) is 36.4 Å². The fourth-order valence-corrected chi connectivity index (χ4v) is 5.00. The van der Waals surface area contributed by atoms with Crippen molar-refractivity contribution in [3.63, 3.8) is 0 Å². The predicted molar refractivity (Wildman–Crippen MR) is 132 cm³/mol. The summed E-state index contributed by atoms with van der Waals surface area (Å²) in [5.74, 6) is 2.81. The van der Waals surface area contributed by atoms with Crippen molar-refractivity contribution in [2.75, 3.05) is 26.8 Å². The third-order valence-electron chi connectivity index (χ3n) is 6.80. The first-order chi connectivity index (χ1) is 15.7. The van der Waals surface area contributed by atoms with Gasteiger partial charge in [-0.25, -0.2) is 0 Å². The number of likely N-dealkylation sites (tertiary alicyclic amines) is 1. The minimum atomic E-state index is 0. The van der Waals surface area contributed by atoms with E-state index in [1.54, 1.807) is 7.11 Å². The van der Waals surface area contributed by atoms with Crippen molar-refractivity contribution >= 4 is 12.4 Å². The molecule has 0 aliphatic carbocycles. The fraction of sp³-hybridized carbons (Fsp3) is 0.321. The average molecular weight is 461 g/mol. The zero-order chi connectivity index (χ0) is 21.9. The lowest BCUT2D eigenvalue weighted by Crippen LogP contribution is -2.25. The van der Waals surface area contributed by atoms with E-state index in [2.05, 4.69) is 47.4 Å². The standard InChI is InChI=1S/C28H28N2O2.ClH/c1-31-25-11-8-21(9-12-25)3-2-20-4-6-22(7-5-20)16-30-17-24-19-32-28-13-10-23(15-29)14-26(28)27(24)18-30;/h4-14,24,27H,2-3,16-19H2,1H3;1H/t24-,27+;/m1./s1. The summed E-state index contributed by atoms with van der Waals surface area (Å²) in [4.78, 5) is 2.53. The molecule has 0 N–H and O–H groups in total. The lowest BCUT2D eigenvalue weighted by molar-refractivity contribution is 0.212. The van der Waals surface area contributed by atoms with Crippen LogP contribution < -0.4 is 9.47 Å². The molecule has 5 rings (SSSR count). The molecule has 4 nitrogen and oxygen atoms in total. The monoisotopic (exact) mass is 460 g/mol. The Bertz CT molecular complexity index is 1120. The van der Waals surface area contributed by atoms with Crippen LogP contribution in [0.4, 0.5) is 0 Å². The molecule has 1 fully saturated rings. The first kappa shape index (κ1) is 23.2. The summed E-state index contributed by atoms with van der Waals surface area (Å²) in [6, 6.07) is 25.5. The molecular weight excluding hydrogens is 432 g/mol. The fourth-order valence-electron chi connectivity index (χ4n) is 5.00. The van der Waals surface area contributed by atoms with E-state index in [9.17, 15) is 5.26 Å². The van der Waals surface area contributed by atoms with E-state index in [-0.39, 0.29) is 12.4 Å². The number of nitrogens with zero attached hydrogens (tertiary/aromatic N) is 2. The van der Waals surface area contributed by atoms with Gasteiger partial charge in [-0.3, -0.25) is 4.90 Å². The number of methoxy groups -OCH3 is 1. The van der Waals surface area contributed by atoms with Gasteiger partial charge in [0.25, 0.3) is 0 Å². The molecule has 0 bridgehead atoms. The zero-order valence-corrected chi connectivity index (χ0v) is 19.7. The van der Waals surface area contributed by atoms with E-state index in [0.29, 0.717) is 11.8 Å². The molecule has 1 saturated heterocycles. The second-order valence-electron chi connectivity index (χ2n) is 8.90. The highest BCUT2D eigenvalue weighted by molar-refractivity contribution is 5.85. The normalized spacial score (nSPS) is 18.9. The number of rotatable bonds is 6. The van der Waals surface area contributed by atoms with Crippen LogP contribution in [0.25, 0.3) is 0 Å². The van der Waals surface area contributed by atoms with Crippen LogP contribution in [0.5, 0.6) is 11.5 Å². The second kappa shape index (κ2) is 10.3. The highest BCUT2D eigenvalue weighted by Gasteiger charge is 2.38. The van der Waals surface area contributed by atoms with E-state index in [1.807, 2.05) is 30.3 Å². The van der Waals surface area contributed by atoms with Gasteiger partial charge in [-0.2, -0.15) is 5.26 Å². The summed E-state index contributed by atoms with van der Waals surface area (Å²) < 4.78 is 11.2. The average Bonchev–Trinajstić information content (AvgIpc) is 3.26. The van der Waals surface area contributed by atoms with Gasteiger partial charge >= 0.3 is 0 Å². The summed E-state index contributed by atoms with van der Waals surface area (Å²) in [5, 5.41) is 9.27. The molecule has 0 radical (unpaired) electrons. The molecule has 33 heavy (non-hydrogen) atoms. The van der Waals surface area contributed by atoms with Crippen LogP contribution in [0, 0.1) is 17.2 Å². The Hall–Kier alpha value is -3.00. The zero-order valence-electron chi connectivity index (χ0n) is 18.9. The van der Waals surface area contributed by atoms with Gasteiger partial charge in [0.2, 0.25) is 0 Å². The number of halogens is 1. The molecule has 2 atom stereocenters. The smallest absolute Gasteiger partial charge is 0.122 e. The maximum atomic E-state index is 9.27. The Morgan fingerprint density at radius 3 is 2.27 bits per heavy atom. The molecule has 0 spiro atoms. The van der Waals surface area contributed by atoms with Gasteiger partial charge in [-0.05, 0) is 59.9 Å². The van der Waals surface area contributed by atoms with Crippen LogP contribution in [-0.2, 0) is 19.4 Å². The van der Waals surface area contributed by atoms with Gasteiger partial charge in [0.1, 0.15) is 11.5 Å². The number of benzene rings is 3. The predicted octanol–water partition coefficient (Wildman–Crippen LogP) is 5.38. The first-order valence-corrected chi connectivity index (χ1v) is 11.3. The summed E-state index contributed by atoms with van der Waals surface area (Å²) in [6.45, 7) is 3.79. The first-order valence-electron chi connectivity index (χ1n) is 11.3. The van der Waals surface area contributed by atoms with E-state index >= 15 is 0 Å². The Morgan fingerprint density at radius 1 is 0.939 bits per heavy atom. The van der Waals surface area contributed by atoms with E-state index in [1.165, 1.54) is 22.3 Å². The van der Waals surface area contributed by atoms with Crippen molar-refractivity contribution < 1.29 is 9.47 Å². The van der Waals surface area contributed by atoms with Crippen molar-refractivity contribution in [1.82, 2.24) is 4.90 Å². The van der Waals surface area contributed by atoms with Crippen LogP contribution in [-0.4, -0.2) is 31.7 Å². The SMILES string of the molecule is COc1ccc(CCc2ccc(CN3C[C@@H]4COc5ccc(C#N)cc5[C@H]4C3)cc2)cc1.Cl. The Labute approximate surface area is 202 Å². The van der Waals surface area contributed by atoms with Crippen LogP contribution in [0.3, 0.4) is 0 Å². The molecule has 0 amide bonds. The largest absolute Gasteiger partial charge is 0.497 e. The molecule has 2 aliphatic rings. The third-order valence-corrected chi connectivity index (χ3v) is 6.80. The lowest BCUT2D eigenvalue weighted by Gasteiger charge is -2.27. The maximum absolute atomic E-state index is 9.27. The van der Waals surface area contributed by atoms with Crippen LogP contribution in [0.1, 0.15) is 33.7 Å². The van der Waals surface area contributed by atoms with Gasteiger partial charge in [0.05, 0.1) is 25.3 Å². The third kappa shape index (κ3) is 5.16. The molecule has 3 aromatic rings.